The van der Waals surface area contributed by atoms with Gasteiger partial charge in [0, 0.05) is 4.47 Å². The van der Waals surface area contributed by atoms with Crippen molar-refractivity contribution in [3.8, 4) is 0 Å². The summed E-state index contributed by atoms with van der Waals surface area (Å²) in [6, 6.07) is 7.96. The second-order valence-electron chi connectivity index (χ2n) is 6.37. The summed E-state index contributed by atoms with van der Waals surface area (Å²) in [7, 11) is 0. The molecule has 3 nitrogen and oxygen atoms in total. The Bertz CT molecular complexity index is 510. The van der Waals surface area contributed by atoms with E-state index in [1.165, 1.54) is 0 Å². The number of aliphatic hydroxyl groups is 1. The standard InChI is InChI=1S/C17H22BrNO2/c18-13-8-6-12(7-9-13)17(10-11-17)16(21)19-14-4-2-1-3-5-15(14)20/h6-9,14-15,20H,1-5,10-11H2,(H,19,21). The third-order valence-corrected chi connectivity index (χ3v) is 5.41. The zero-order valence-electron chi connectivity index (χ0n) is 12.1. The monoisotopic (exact) mass is 351 g/mol. The van der Waals surface area contributed by atoms with Gasteiger partial charge in [-0.3, -0.25) is 4.79 Å². The third-order valence-electron chi connectivity index (χ3n) is 4.88. The second kappa shape index (κ2) is 6.09. The molecule has 2 saturated carbocycles. The number of hydrogen-bond acceptors (Lipinski definition) is 2. The van der Waals surface area contributed by atoms with E-state index in [1.54, 1.807) is 0 Å². The lowest BCUT2D eigenvalue weighted by Crippen LogP contribution is -2.46. The summed E-state index contributed by atoms with van der Waals surface area (Å²) in [6.45, 7) is 0. The van der Waals surface area contributed by atoms with Crippen molar-refractivity contribution in [1.29, 1.82) is 0 Å². The van der Waals surface area contributed by atoms with Crippen LogP contribution >= 0.6 is 15.9 Å². The van der Waals surface area contributed by atoms with Crippen molar-refractivity contribution in [2.75, 3.05) is 0 Å². The topological polar surface area (TPSA) is 49.3 Å². The first-order chi connectivity index (χ1) is 10.1. The minimum Gasteiger partial charge on any atom is -0.391 e. The van der Waals surface area contributed by atoms with Crippen molar-refractivity contribution in [3.63, 3.8) is 0 Å². The molecule has 0 heterocycles. The number of aliphatic hydroxyl groups excluding tert-OH is 1. The molecule has 1 aromatic carbocycles. The zero-order valence-corrected chi connectivity index (χ0v) is 13.7. The highest BCUT2D eigenvalue weighted by molar-refractivity contribution is 9.10. The maximum Gasteiger partial charge on any atom is 0.230 e. The summed E-state index contributed by atoms with van der Waals surface area (Å²) in [5.41, 5.74) is 0.735. The van der Waals surface area contributed by atoms with E-state index in [0.29, 0.717) is 0 Å². The van der Waals surface area contributed by atoms with Crippen LogP contribution in [0.2, 0.25) is 0 Å². The molecule has 2 unspecified atom stereocenters. The minimum atomic E-state index is -0.392. The highest BCUT2D eigenvalue weighted by atomic mass is 79.9. The number of nitrogens with one attached hydrogen (secondary N) is 1. The van der Waals surface area contributed by atoms with E-state index in [-0.39, 0.29) is 17.4 Å². The Morgan fingerprint density at radius 2 is 1.81 bits per heavy atom. The Morgan fingerprint density at radius 3 is 2.48 bits per heavy atom. The molecule has 4 heteroatoms. The first kappa shape index (κ1) is 15.0. The van der Waals surface area contributed by atoms with E-state index in [0.717, 1.165) is 55.0 Å². The van der Waals surface area contributed by atoms with Crippen molar-refractivity contribution in [2.24, 2.45) is 0 Å². The Kier molecular flexibility index (Phi) is 4.36. The van der Waals surface area contributed by atoms with Gasteiger partial charge in [0.05, 0.1) is 17.6 Å². The van der Waals surface area contributed by atoms with Crippen LogP contribution in [-0.2, 0) is 10.2 Å². The molecule has 2 aliphatic carbocycles. The molecule has 0 radical (unpaired) electrons. The van der Waals surface area contributed by atoms with E-state index in [9.17, 15) is 9.90 Å². The fourth-order valence-electron chi connectivity index (χ4n) is 3.30. The number of benzene rings is 1. The fraction of sp³-hybridized carbons (Fsp3) is 0.588. The molecule has 114 valence electrons. The van der Waals surface area contributed by atoms with Crippen LogP contribution in [0.15, 0.2) is 28.7 Å². The summed E-state index contributed by atoms with van der Waals surface area (Å²) < 4.78 is 1.03. The molecule has 2 atom stereocenters. The van der Waals surface area contributed by atoms with Crippen LogP contribution in [0.25, 0.3) is 0 Å². The van der Waals surface area contributed by atoms with E-state index >= 15 is 0 Å². The maximum atomic E-state index is 12.7. The largest absolute Gasteiger partial charge is 0.391 e. The van der Waals surface area contributed by atoms with Gasteiger partial charge in [-0.15, -0.1) is 0 Å². The lowest BCUT2D eigenvalue weighted by atomic mass is 9.94. The molecule has 2 fully saturated rings. The van der Waals surface area contributed by atoms with Gasteiger partial charge in [-0.1, -0.05) is 47.3 Å². The molecule has 21 heavy (non-hydrogen) atoms. The second-order valence-corrected chi connectivity index (χ2v) is 7.29. The van der Waals surface area contributed by atoms with Gasteiger partial charge in [0.2, 0.25) is 5.91 Å². The van der Waals surface area contributed by atoms with Gasteiger partial charge in [-0.25, -0.2) is 0 Å². The van der Waals surface area contributed by atoms with Crippen LogP contribution in [0.1, 0.15) is 50.5 Å². The fourth-order valence-corrected chi connectivity index (χ4v) is 3.57. The molecule has 0 aromatic heterocycles. The van der Waals surface area contributed by atoms with Gasteiger partial charge in [0.15, 0.2) is 0 Å². The molecule has 0 saturated heterocycles. The molecule has 1 aromatic rings. The molecule has 0 aliphatic heterocycles. The lowest BCUT2D eigenvalue weighted by Gasteiger charge is -2.25. The number of halogens is 1. The van der Waals surface area contributed by atoms with E-state index in [4.69, 9.17) is 0 Å². The predicted octanol–water partition coefficient (Wildman–Crippen LogP) is 3.29. The van der Waals surface area contributed by atoms with Gasteiger partial charge in [0.25, 0.3) is 0 Å². The normalized spacial score (nSPS) is 27.7. The van der Waals surface area contributed by atoms with Crippen molar-refractivity contribution < 1.29 is 9.90 Å². The number of amides is 1. The van der Waals surface area contributed by atoms with E-state index in [2.05, 4.69) is 21.2 Å². The number of hydrogen-bond donors (Lipinski definition) is 2. The lowest BCUT2D eigenvalue weighted by molar-refractivity contribution is -0.125. The summed E-state index contributed by atoms with van der Waals surface area (Å²) >= 11 is 3.43. The molecule has 2 aliphatic rings. The molecule has 0 bridgehead atoms. The summed E-state index contributed by atoms with van der Waals surface area (Å²) in [4.78, 5) is 12.7. The van der Waals surface area contributed by atoms with Gasteiger partial charge in [-0.2, -0.15) is 0 Å². The Morgan fingerprint density at radius 1 is 1.14 bits per heavy atom. The van der Waals surface area contributed by atoms with E-state index in [1.807, 2.05) is 24.3 Å². The quantitative estimate of drug-likeness (QED) is 0.821. The van der Waals surface area contributed by atoms with Crippen LogP contribution in [0.3, 0.4) is 0 Å². The Labute approximate surface area is 134 Å². The summed E-state index contributed by atoms with van der Waals surface area (Å²) in [5, 5.41) is 13.3. The molecule has 3 rings (SSSR count). The van der Waals surface area contributed by atoms with Crippen LogP contribution in [0.4, 0.5) is 0 Å². The summed E-state index contributed by atoms with van der Waals surface area (Å²) in [5.74, 6) is 0.0933. The van der Waals surface area contributed by atoms with Crippen molar-refractivity contribution in [1.82, 2.24) is 5.32 Å². The molecular formula is C17H22BrNO2. The van der Waals surface area contributed by atoms with Gasteiger partial charge in [0.1, 0.15) is 0 Å². The first-order valence-corrected chi connectivity index (χ1v) is 8.66. The zero-order chi connectivity index (χ0) is 14.9. The minimum absolute atomic E-state index is 0.0760. The number of carbonyl (C=O) groups is 1. The summed E-state index contributed by atoms with van der Waals surface area (Å²) in [6.07, 6.45) is 6.42. The molecular weight excluding hydrogens is 330 g/mol. The first-order valence-electron chi connectivity index (χ1n) is 7.87. The molecule has 2 N–H and O–H groups in total. The molecule has 1 amide bonds. The van der Waals surface area contributed by atoms with Crippen molar-refractivity contribution in [3.05, 3.63) is 34.3 Å². The maximum absolute atomic E-state index is 12.7. The van der Waals surface area contributed by atoms with Crippen LogP contribution in [0.5, 0.6) is 0 Å². The van der Waals surface area contributed by atoms with Gasteiger partial charge >= 0.3 is 0 Å². The number of carbonyl (C=O) groups excluding carboxylic acids is 1. The third kappa shape index (κ3) is 3.16. The van der Waals surface area contributed by atoms with Crippen molar-refractivity contribution in [2.45, 2.75) is 62.5 Å². The average Bonchev–Trinajstić information content (AvgIpc) is 3.28. The number of rotatable bonds is 3. The van der Waals surface area contributed by atoms with Crippen LogP contribution < -0.4 is 5.32 Å². The average molecular weight is 352 g/mol. The van der Waals surface area contributed by atoms with Crippen molar-refractivity contribution >= 4 is 21.8 Å². The Hall–Kier alpha value is -0.870. The van der Waals surface area contributed by atoms with Gasteiger partial charge < -0.3 is 10.4 Å². The highest BCUT2D eigenvalue weighted by Crippen LogP contribution is 2.48. The Balaban J connectivity index is 1.71. The van der Waals surface area contributed by atoms with Crippen LogP contribution in [0, 0.1) is 0 Å². The van der Waals surface area contributed by atoms with Gasteiger partial charge in [-0.05, 0) is 43.4 Å². The van der Waals surface area contributed by atoms with E-state index < -0.39 is 6.10 Å². The smallest absolute Gasteiger partial charge is 0.230 e. The van der Waals surface area contributed by atoms with Crippen LogP contribution in [-0.4, -0.2) is 23.2 Å². The predicted molar refractivity (Wildman–Crippen MR) is 86.1 cm³/mol. The SMILES string of the molecule is O=C(NC1CCCCCC1O)C1(c2ccc(Br)cc2)CC1. The molecule has 0 spiro atoms. The highest BCUT2D eigenvalue weighted by Gasteiger charge is 2.51.